The van der Waals surface area contributed by atoms with Crippen molar-refractivity contribution < 1.29 is 14.3 Å². The van der Waals surface area contributed by atoms with E-state index in [1.807, 2.05) is 32.8 Å². The molecule has 1 aromatic rings. The number of aromatic nitrogens is 2. The zero-order chi connectivity index (χ0) is 15.3. The number of hydrogen-bond acceptors (Lipinski definition) is 5. The first-order valence-electron chi connectivity index (χ1n) is 6.73. The second-order valence-electron chi connectivity index (χ2n) is 5.35. The first-order valence-corrected chi connectivity index (χ1v) is 6.73. The van der Waals surface area contributed by atoms with Gasteiger partial charge < -0.3 is 14.4 Å². The Hall–Kier alpha value is -1.40. The summed E-state index contributed by atoms with van der Waals surface area (Å²) < 4.78 is 12.3. The molecule has 0 spiro atoms. The Morgan fingerprint density at radius 2 is 2.05 bits per heavy atom. The fourth-order valence-corrected chi connectivity index (χ4v) is 2.05. The summed E-state index contributed by atoms with van der Waals surface area (Å²) in [4.78, 5) is 14.7. The SMILES string of the molecule is COc1cnn(CCN(C)C)c1C(=O)C(OC)C(C)C. The van der Waals surface area contributed by atoms with Crippen LogP contribution in [0.5, 0.6) is 5.75 Å². The van der Waals surface area contributed by atoms with Crippen molar-refractivity contribution in [3.63, 3.8) is 0 Å². The van der Waals surface area contributed by atoms with E-state index < -0.39 is 6.10 Å². The maximum absolute atomic E-state index is 12.6. The van der Waals surface area contributed by atoms with Crippen molar-refractivity contribution >= 4 is 5.78 Å². The van der Waals surface area contributed by atoms with Crippen molar-refractivity contribution in [2.75, 3.05) is 34.9 Å². The van der Waals surface area contributed by atoms with E-state index in [0.29, 0.717) is 18.0 Å². The van der Waals surface area contributed by atoms with Gasteiger partial charge in [0, 0.05) is 13.7 Å². The molecule has 1 atom stereocenters. The molecule has 1 aromatic heterocycles. The number of hydrogen-bond donors (Lipinski definition) is 0. The van der Waals surface area contributed by atoms with Gasteiger partial charge in [-0.3, -0.25) is 9.48 Å². The van der Waals surface area contributed by atoms with E-state index in [0.717, 1.165) is 6.54 Å². The van der Waals surface area contributed by atoms with Gasteiger partial charge >= 0.3 is 0 Å². The number of nitrogens with zero attached hydrogens (tertiary/aromatic N) is 3. The zero-order valence-electron chi connectivity index (χ0n) is 13.2. The molecule has 20 heavy (non-hydrogen) atoms. The maximum atomic E-state index is 12.6. The molecule has 0 fully saturated rings. The van der Waals surface area contributed by atoms with Gasteiger partial charge in [-0.05, 0) is 20.0 Å². The standard InChI is InChI=1S/C14H25N3O3/c1-10(2)14(20-6)13(18)12-11(19-5)9-15-17(12)8-7-16(3)4/h9-10,14H,7-8H2,1-6H3. The Morgan fingerprint density at radius 1 is 1.40 bits per heavy atom. The lowest BCUT2D eigenvalue weighted by molar-refractivity contribution is 0.0445. The van der Waals surface area contributed by atoms with Crippen LogP contribution in [0.2, 0.25) is 0 Å². The van der Waals surface area contributed by atoms with Crippen molar-refractivity contribution in [1.82, 2.24) is 14.7 Å². The van der Waals surface area contributed by atoms with E-state index in [9.17, 15) is 4.79 Å². The highest BCUT2D eigenvalue weighted by molar-refractivity contribution is 6.00. The molecule has 0 aliphatic carbocycles. The largest absolute Gasteiger partial charge is 0.493 e. The number of ether oxygens (including phenoxy) is 2. The summed E-state index contributed by atoms with van der Waals surface area (Å²) in [7, 11) is 7.05. The zero-order valence-corrected chi connectivity index (χ0v) is 13.2. The smallest absolute Gasteiger partial charge is 0.213 e. The minimum absolute atomic E-state index is 0.0874. The van der Waals surface area contributed by atoms with Crippen LogP contribution in [-0.4, -0.2) is 61.4 Å². The van der Waals surface area contributed by atoms with Gasteiger partial charge in [-0.15, -0.1) is 0 Å². The first-order chi connectivity index (χ1) is 9.42. The number of methoxy groups -OCH3 is 2. The highest BCUT2D eigenvalue weighted by Gasteiger charge is 2.29. The molecule has 114 valence electrons. The third-order valence-corrected chi connectivity index (χ3v) is 3.14. The second-order valence-corrected chi connectivity index (χ2v) is 5.35. The van der Waals surface area contributed by atoms with Crippen LogP contribution in [-0.2, 0) is 11.3 Å². The lowest BCUT2D eigenvalue weighted by Crippen LogP contribution is -2.31. The average Bonchev–Trinajstić information content (AvgIpc) is 2.79. The Labute approximate surface area is 120 Å². The van der Waals surface area contributed by atoms with Gasteiger partial charge in [-0.25, -0.2) is 0 Å². The highest BCUT2D eigenvalue weighted by atomic mass is 16.5. The third kappa shape index (κ3) is 3.80. The van der Waals surface area contributed by atoms with Crippen LogP contribution >= 0.6 is 0 Å². The summed E-state index contributed by atoms with van der Waals surface area (Å²) in [6.45, 7) is 5.34. The molecular weight excluding hydrogens is 258 g/mol. The summed E-state index contributed by atoms with van der Waals surface area (Å²) in [5.74, 6) is 0.501. The molecular formula is C14H25N3O3. The van der Waals surface area contributed by atoms with Crippen LogP contribution in [0.1, 0.15) is 24.3 Å². The Kier molecular flexibility index (Phi) is 6.16. The number of carbonyl (C=O) groups excluding carboxylic acids is 1. The molecule has 1 rings (SSSR count). The van der Waals surface area contributed by atoms with Crippen molar-refractivity contribution in [3.05, 3.63) is 11.9 Å². The van der Waals surface area contributed by atoms with Crippen LogP contribution < -0.4 is 4.74 Å². The van der Waals surface area contributed by atoms with Gasteiger partial charge in [-0.2, -0.15) is 5.10 Å². The molecule has 1 heterocycles. The minimum atomic E-state index is -0.487. The molecule has 0 bridgehead atoms. The Balaban J connectivity index is 3.06. The normalized spacial score (nSPS) is 13.0. The van der Waals surface area contributed by atoms with Crippen LogP contribution in [0.25, 0.3) is 0 Å². The van der Waals surface area contributed by atoms with Crippen molar-refractivity contribution in [2.45, 2.75) is 26.5 Å². The van der Waals surface area contributed by atoms with E-state index in [1.165, 1.54) is 0 Å². The molecule has 0 radical (unpaired) electrons. The van der Waals surface area contributed by atoms with E-state index in [2.05, 4.69) is 5.10 Å². The average molecular weight is 283 g/mol. The van der Waals surface area contributed by atoms with Crippen molar-refractivity contribution in [1.29, 1.82) is 0 Å². The van der Waals surface area contributed by atoms with E-state index in [1.54, 1.807) is 25.1 Å². The van der Waals surface area contributed by atoms with Gasteiger partial charge in [0.25, 0.3) is 0 Å². The molecule has 6 heteroatoms. The fourth-order valence-electron chi connectivity index (χ4n) is 2.05. The number of carbonyl (C=O) groups is 1. The highest BCUT2D eigenvalue weighted by Crippen LogP contribution is 2.22. The monoisotopic (exact) mass is 283 g/mol. The molecule has 0 aliphatic rings. The summed E-state index contributed by atoms with van der Waals surface area (Å²) in [5, 5.41) is 4.24. The van der Waals surface area contributed by atoms with Crippen LogP contribution in [0.15, 0.2) is 6.20 Å². The molecule has 0 N–H and O–H groups in total. The number of rotatable bonds is 8. The minimum Gasteiger partial charge on any atom is -0.493 e. The van der Waals surface area contributed by atoms with E-state index in [-0.39, 0.29) is 11.7 Å². The van der Waals surface area contributed by atoms with Crippen molar-refractivity contribution in [2.24, 2.45) is 5.92 Å². The first kappa shape index (κ1) is 16.7. The maximum Gasteiger partial charge on any atom is 0.213 e. The van der Waals surface area contributed by atoms with Crippen molar-refractivity contribution in [3.8, 4) is 5.75 Å². The number of ketones is 1. The molecule has 0 saturated carbocycles. The van der Waals surface area contributed by atoms with Gasteiger partial charge in [0.1, 0.15) is 11.8 Å². The predicted octanol–water partition coefficient (Wildman–Crippen LogP) is 1.31. The molecule has 0 aromatic carbocycles. The van der Waals surface area contributed by atoms with Gasteiger partial charge in [-0.1, -0.05) is 13.8 Å². The summed E-state index contributed by atoms with van der Waals surface area (Å²) in [6.07, 6.45) is 1.09. The van der Waals surface area contributed by atoms with Crippen LogP contribution in [0.3, 0.4) is 0 Å². The Bertz CT molecular complexity index is 441. The topological polar surface area (TPSA) is 56.6 Å². The van der Waals surface area contributed by atoms with Crippen LogP contribution in [0, 0.1) is 5.92 Å². The molecule has 0 aliphatic heterocycles. The molecule has 0 amide bonds. The van der Waals surface area contributed by atoms with E-state index >= 15 is 0 Å². The van der Waals surface area contributed by atoms with E-state index in [4.69, 9.17) is 9.47 Å². The lowest BCUT2D eigenvalue weighted by Gasteiger charge is -2.19. The summed E-state index contributed by atoms with van der Waals surface area (Å²) >= 11 is 0. The lowest BCUT2D eigenvalue weighted by atomic mass is 10.0. The molecule has 6 nitrogen and oxygen atoms in total. The number of likely N-dealkylation sites (N-methyl/N-ethyl adjacent to an activating group) is 1. The molecule has 1 unspecified atom stereocenters. The molecule has 0 saturated heterocycles. The second kappa shape index (κ2) is 7.40. The Morgan fingerprint density at radius 3 is 2.50 bits per heavy atom. The van der Waals surface area contributed by atoms with Crippen LogP contribution in [0.4, 0.5) is 0 Å². The fraction of sp³-hybridized carbons (Fsp3) is 0.714. The third-order valence-electron chi connectivity index (χ3n) is 3.14. The van der Waals surface area contributed by atoms with Gasteiger partial charge in [0.05, 0.1) is 19.9 Å². The number of Topliss-reactive ketones (excluding diaryl/α,β-unsaturated/α-hetero) is 1. The quantitative estimate of drug-likeness (QED) is 0.673. The van der Waals surface area contributed by atoms with Gasteiger partial charge in [0.2, 0.25) is 5.78 Å². The summed E-state index contributed by atoms with van der Waals surface area (Å²) in [6, 6.07) is 0. The summed E-state index contributed by atoms with van der Waals surface area (Å²) in [5.41, 5.74) is 0.481. The van der Waals surface area contributed by atoms with Gasteiger partial charge in [0.15, 0.2) is 5.75 Å². The predicted molar refractivity (Wildman–Crippen MR) is 77.3 cm³/mol.